The minimum absolute atomic E-state index is 0.814. The largest absolute Gasteiger partial charge is 0.383 e. The van der Waals surface area contributed by atoms with Crippen LogP contribution in [0.2, 0.25) is 0 Å². The average molecular weight is 177 g/mol. The molecule has 0 fully saturated rings. The van der Waals surface area contributed by atoms with Gasteiger partial charge >= 0.3 is 0 Å². The number of hydrogen-bond acceptors (Lipinski definition) is 2. The molecule has 1 aromatic carbocycles. The van der Waals surface area contributed by atoms with Gasteiger partial charge < -0.3 is 9.64 Å². The Balaban J connectivity index is 2.09. The molecule has 2 rings (SSSR count). The summed E-state index contributed by atoms with van der Waals surface area (Å²) in [5.41, 5.74) is 2.86. The molecule has 1 aliphatic heterocycles. The highest BCUT2D eigenvalue weighted by Gasteiger charge is 2.16. The molecule has 0 radical (unpaired) electrons. The zero-order chi connectivity index (χ0) is 9.10. The van der Waals surface area contributed by atoms with E-state index in [9.17, 15) is 0 Å². The van der Waals surface area contributed by atoms with Crippen molar-refractivity contribution in [2.24, 2.45) is 0 Å². The monoisotopic (exact) mass is 177 g/mol. The maximum Gasteiger partial charge on any atom is 0.0637 e. The summed E-state index contributed by atoms with van der Waals surface area (Å²) in [6.45, 7) is 2.96. The number of hydrogen-bond donors (Lipinski definition) is 0. The lowest BCUT2D eigenvalue weighted by atomic mass is 10.2. The second kappa shape index (κ2) is 3.79. The van der Waals surface area contributed by atoms with Gasteiger partial charge in [0.15, 0.2) is 0 Å². The molecule has 0 unspecified atom stereocenters. The van der Waals surface area contributed by atoms with Gasteiger partial charge in [0.1, 0.15) is 0 Å². The second-order valence-electron chi connectivity index (χ2n) is 3.36. The van der Waals surface area contributed by atoms with Gasteiger partial charge in [-0.3, -0.25) is 0 Å². The molecule has 0 atom stereocenters. The molecule has 2 heteroatoms. The van der Waals surface area contributed by atoms with E-state index < -0.39 is 0 Å². The van der Waals surface area contributed by atoms with Crippen LogP contribution in [0.1, 0.15) is 5.56 Å². The zero-order valence-corrected chi connectivity index (χ0v) is 7.99. The van der Waals surface area contributed by atoms with Gasteiger partial charge in [0.05, 0.1) is 6.61 Å². The first-order chi connectivity index (χ1) is 6.42. The summed E-state index contributed by atoms with van der Waals surface area (Å²) in [5, 5.41) is 0. The smallest absolute Gasteiger partial charge is 0.0637 e. The van der Waals surface area contributed by atoms with Crippen molar-refractivity contribution in [1.82, 2.24) is 0 Å². The molecular formula is C11H15NO. The minimum Gasteiger partial charge on any atom is -0.383 e. The lowest BCUT2D eigenvalue weighted by Crippen LogP contribution is -2.24. The zero-order valence-electron chi connectivity index (χ0n) is 7.99. The van der Waals surface area contributed by atoms with Crippen LogP contribution < -0.4 is 4.90 Å². The molecule has 0 saturated carbocycles. The van der Waals surface area contributed by atoms with Gasteiger partial charge in [-0.15, -0.1) is 0 Å². The van der Waals surface area contributed by atoms with E-state index in [4.69, 9.17) is 4.74 Å². The molecule has 0 saturated heterocycles. The molecule has 70 valence electrons. The molecule has 0 spiro atoms. The standard InChI is InChI=1S/C11H15NO/c1-13-9-8-12-7-6-10-4-2-3-5-11(10)12/h2-5H,6-9H2,1H3. The molecular weight excluding hydrogens is 162 g/mol. The Labute approximate surface area is 79.1 Å². The topological polar surface area (TPSA) is 12.5 Å². The van der Waals surface area contributed by atoms with Crippen molar-refractivity contribution < 1.29 is 4.74 Å². The van der Waals surface area contributed by atoms with Crippen molar-refractivity contribution >= 4 is 5.69 Å². The van der Waals surface area contributed by atoms with Gasteiger partial charge in [-0.2, -0.15) is 0 Å². The Kier molecular flexibility index (Phi) is 2.50. The molecule has 0 N–H and O–H groups in total. The van der Waals surface area contributed by atoms with Gasteiger partial charge in [0.2, 0.25) is 0 Å². The van der Waals surface area contributed by atoms with E-state index >= 15 is 0 Å². The van der Waals surface area contributed by atoms with Crippen LogP contribution in [-0.4, -0.2) is 26.8 Å². The second-order valence-corrected chi connectivity index (χ2v) is 3.36. The van der Waals surface area contributed by atoms with E-state index in [1.54, 1.807) is 7.11 Å². The first kappa shape index (κ1) is 8.57. The summed E-state index contributed by atoms with van der Waals surface area (Å²) in [4.78, 5) is 2.39. The average Bonchev–Trinajstić information content (AvgIpc) is 2.58. The summed E-state index contributed by atoms with van der Waals surface area (Å²) in [5.74, 6) is 0. The Bertz CT molecular complexity index is 285. The molecule has 1 aliphatic rings. The Hall–Kier alpha value is -1.02. The number of fused-ring (bicyclic) bond motifs is 1. The van der Waals surface area contributed by atoms with E-state index in [0.717, 1.165) is 19.7 Å². The van der Waals surface area contributed by atoms with Crippen LogP contribution in [0, 0.1) is 0 Å². The maximum atomic E-state index is 5.08. The predicted octanol–water partition coefficient (Wildman–Crippen LogP) is 1.70. The fourth-order valence-electron chi connectivity index (χ4n) is 1.84. The Morgan fingerprint density at radius 3 is 3.08 bits per heavy atom. The summed E-state index contributed by atoms with van der Waals surface area (Å²) < 4.78 is 5.08. The number of benzene rings is 1. The van der Waals surface area contributed by atoms with Gasteiger partial charge in [0.25, 0.3) is 0 Å². The van der Waals surface area contributed by atoms with Crippen LogP contribution >= 0.6 is 0 Å². The summed E-state index contributed by atoms with van der Waals surface area (Å²) in [7, 11) is 1.75. The van der Waals surface area contributed by atoms with E-state index in [1.165, 1.54) is 17.7 Å². The van der Waals surface area contributed by atoms with E-state index in [0.29, 0.717) is 0 Å². The molecule has 0 bridgehead atoms. The van der Waals surface area contributed by atoms with E-state index in [-0.39, 0.29) is 0 Å². The third kappa shape index (κ3) is 1.68. The summed E-state index contributed by atoms with van der Waals surface area (Å²) >= 11 is 0. The van der Waals surface area contributed by atoms with Crippen LogP contribution in [0.4, 0.5) is 5.69 Å². The van der Waals surface area contributed by atoms with Crippen molar-refractivity contribution in [3.63, 3.8) is 0 Å². The highest BCUT2D eigenvalue weighted by Crippen LogP contribution is 2.26. The van der Waals surface area contributed by atoms with Crippen molar-refractivity contribution in [2.45, 2.75) is 6.42 Å². The maximum absolute atomic E-state index is 5.08. The van der Waals surface area contributed by atoms with Crippen LogP contribution in [-0.2, 0) is 11.2 Å². The predicted molar refractivity (Wildman–Crippen MR) is 54.2 cm³/mol. The highest BCUT2D eigenvalue weighted by molar-refractivity contribution is 5.57. The highest BCUT2D eigenvalue weighted by atomic mass is 16.5. The number of rotatable bonds is 3. The molecule has 0 amide bonds. The lowest BCUT2D eigenvalue weighted by molar-refractivity contribution is 0.205. The van der Waals surface area contributed by atoms with Crippen LogP contribution in [0.25, 0.3) is 0 Å². The number of anilines is 1. The van der Waals surface area contributed by atoms with E-state index in [2.05, 4.69) is 29.2 Å². The first-order valence-corrected chi connectivity index (χ1v) is 4.73. The Morgan fingerprint density at radius 2 is 2.23 bits per heavy atom. The van der Waals surface area contributed by atoms with Crippen molar-refractivity contribution in [1.29, 1.82) is 0 Å². The fraction of sp³-hybridized carbons (Fsp3) is 0.455. The van der Waals surface area contributed by atoms with Crippen LogP contribution in [0.3, 0.4) is 0 Å². The quantitative estimate of drug-likeness (QED) is 0.696. The number of para-hydroxylation sites is 1. The van der Waals surface area contributed by atoms with Crippen LogP contribution in [0.5, 0.6) is 0 Å². The number of methoxy groups -OCH3 is 1. The van der Waals surface area contributed by atoms with Gasteiger partial charge in [-0.05, 0) is 18.1 Å². The van der Waals surface area contributed by atoms with Gasteiger partial charge in [0, 0.05) is 25.9 Å². The SMILES string of the molecule is COCCN1CCc2ccccc21. The summed E-state index contributed by atoms with van der Waals surface area (Å²) in [6.07, 6.45) is 1.18. The molecule has 1 heterocycles. The van der Waals surface area contributed by atoms with Gasteiger partial charge in [-0.1, -0.05) is 18.2 Å². The molecule has 1 aromatic rings. The minimum atomic E-state index is 0.814. The van der Waals surface area contributed by atoms with Crippen molar-refractivity contribution in [3.05, 3.63) is 29.8 Å². The van der Waals surface area contributed by atoms with Crippen molar-refractivity contribution in [3.8, 4) is 0 Å². The fourth-order valence-corrected chi connectivity index (χ4v) is 1.84. The van der Waals surface area contributed by atoms with E-state index in [1.807, 2.05) is 0 Å². The first-order valence-electron chi connectivity index (χ1n) is 4.73. The molecule has 0 aromatic heterocycles. The van der Waals surface area contributed by atoms with Crippen molar-refractivity contribution in [2.75, 3.05) is 31.7 Å². The Morgan fingerprint density at radius 1 is 1.38 bits per heavy atom. The summed E-state index contributed by atoms with van der Waals surface area (Å²) in [6, 6.07) is 8.61. The van der Waals surface area contributed by atoms with Crippen LogP contribution in [0.15, 0.2) is 24.3 Å². The number of ether oxygens (including phenoxy) is 1. The third-order valence-corrected chi connectivity index (χ3v) is 2.55. The normalized spacial score (nSPS) is 14.7. The number of nitrogens with zero attached hydrogens (tertiary/aromatic N) is 1. The lowest BCUT2D eigenvalue weighted by Gasteiger charge is -2.18. The molecule has 2 nitrogen and oxygen atoms in total. The van der Waals surface area contributed by atoms with Gasteiger partial charge in [-0.25, -0.2) is 0 Å². The molecule has 13 heavy (non-hydrogen) atoms. The molecule has 0 aliphatic carbocycles. The third-order valence-electron chi connectivity index (χ3n) is 2.55.